The van der Waals surface area contributed by atoms with Crippen LogP contribution in [0.5, 0.6) is 5.75 Å². The molecule has 0 bridgehead atoms. The summed E-state index contributed by atoms with van der Waals surface area (Å²) in [4.78, 5) is 3.80. The fourth-order valence-electron chi connectivity index (χ4n) is 0.808. The first kappa shape index (κ1) is 11.6. The molecule has 0 N–H and O–H groups in total. The van der Waals surface area contributed by atoms with Crippen LogP contribution in [0.15, 0.2) is 12.1 Å². The fraction of sp³-hybridized carbons (Fsp3) is 0.444. The van der Waals surface area contributed by atoms with E-state index in [1.165, 1.54) is 0 Å². The summed E-state index contributed by atoms with van der Waals surface area (Å²) >= 11 is 11.4. The molecule has 14 heavy (non-hydrogen) atoms. The molecule has 0 aliphatic rings. The van der Waals surface area contributed by atoms with Gasteiger partial charge in [-0.2, -0.15) is 0 Å². The molecule has 0 aliphatic heterocycles. The van der Waals surface area contributed by atoms with Crippen LogP contribution in [0, 0.1) is 0 Å². The lowest BCUT2D eigenvalue weighted by molar-refractivity contribution is 0.0716. The van der Waals surface area contributed by atoms with Crippen LogP contribution in [0.4, 0.5) is 0 Å². The molecule has 0 saturated carbocycles. The molecule has 78 valence electrons. The normalized spacial score (nSPS) is 12.6. The number of halogens is 2. The average molecular weight is 236 g/mol. The third kappa shape index (κ3) is 3.70. The molecule has 1 atom stereocenters. The van der Waals surface area contributed by atoms with E-state index in [2.05, 4.69) is 4.98 Å². The molecule has 0 saturated heterocycles. The first-order valence-electron chi connectivity index (χ1n) is 4.10. The molecule has 1 unspecified atom stereocenters. The second kappa shape index (κ2) is 5.39. The molecule has 0 amide bonds. The van der Waals surface area contributed by atoms with E-state index in [0.717, 1.165) is 0 Å². The summed E-state index contributed by atoms with van der Waals surface area (Å²) in [6.07, 6.45) is 0.0284. The van der Waals surface area contributed by atoms with E-state index >= 15 is 0 Å². The van der Waals surface area contributed by atoms with E-state index in [-0.39, 0.29) is 6.10 Å². The van der Waals surface area contributed by atoms with E-state index in [9.17, 15) is 0 Å². The third-order valence-corrected chi connectivity index (χ3v) is 2.01. The van der Waals surface area contributed by atoms with Gasteiger partial charge >= 0.3 is 0 Å². The highest BCUT2D eigenvalue weighted by atomic mass is 35.5. The Hall–Kier alpha value is -0.510. The molecule has 3 nitrogen and oxygen atoms in total. The molecule has 0 spiro atoms. The van der Waals surface area contributed by atoms with Crippen molar-refractivity contribution < 1.29 is 9.47 Å². The summed E-state index contributed by atoms with van der Waals surface area (Å²) in [6, 6.07) is 3.21. The minimum atomic E-state index is 0.0284. The largest absolute Gasteiger partial charge is 0.491 e. The molecule has 1 heterocycles. The zero-order chi connectivity index (χ0) is 10.6. The predicted octanol–water partition coefficient (Wildman–Crippen LogP) is 2.80. The number of nitrogens with zero attached hydrogens (tertiary/aromatic N) is 1. The summed E-state index contributed by atoms with van der Waals surface area (Å²) < 4.78 is 10.4. The smallest absolute Gasteiger partial charge is 0.134 e. The maximum atomic E-state index is 5.69. The van der Waals surface area contributed by atoms with Gasteiger partial charge in [-0.1, -0.05) is 23.2 Å². The van der Waals surface area contributed by atoms with Gasteiger partial charge in [0.25, 0.3) is 0 Å². The Morgan fingerprint density at radius 3 is 2.43 bits per heavy atom. The van der Waals surface area contributed by atoms with Crippen LogP contribution >= 0.6 is 23.2 Å². The number of pyridine rings is 1. The highest BCUT2D eigenvalue weighted by Gasteiger charge is 2.03. The van der Waals surface area contributed by atoms with Crippen molar-refractivity contribution in [2.24, 2.45) is 0 Å². The highest BCUT2D eigenvalue weighted by Crippen LogP contribution is 2.20. The molecular formula is C9H11Cl2NO2. The van der Waals surface area contributed by atoms with Crippen molar-refractivity contribution in [2.45, 2.75) is 13.0 Å². The van der Waals surface area contributed by atoms with Gasteiger partial charge in [0.1, 0.15) is 22.7 Å². The molecule has 1 rings (SSSR count). The van der Waals surface area contributed by atoms with Crippen molar-refractivity contribution >= 4 is 23.2 Å². The maximum Gasteiger partial charge on any atom is 0.134 e. The van der Waals surface area contributed by atoms with E-state index in [1.54, 1.807) is 19.2 Å². The van der Waals surface area contributed by atoms with Gasteiger partial charge in [-0.25, -0.2) is 4.98 Å². The Balaban J connectivity index is 2.58. The van der Waals surface area contributed by atoms with Crippen molar-refractivity contribution in [2.75, 3.05) is 13.7 Å². The van der Waals surface area contributed by atoms with Gasteiger partial charge in [0.05, 0.1) is 6.10 Å². The number of hydrogen-bond donors (Lipinski definition) is 0. The Bertz CT molecular complexity index is 287. The second-order valence-electron chi connectivity index (χ2n) is 2.81. The lowest BCUT2D eigenvalue weighted by Gasteiger charge is -2.11. The van der Waals surface area contributed by atoms with Crippen molar-refractivity contribution in [3.63, 3.8) is 0 Å². The van der Waals surface area contributed by atoms with E-state index in [4.69, 9.17) is 32.7 Å². The standard InChI is InChI=1S/C9H11Cl2NO2/c1-6(13-2)5-14-7-3-8(10)12-9(11)4-7/h3-4,6H,5H2,1-2H3. The monoisotopic (exact) mass is 235 g/mol. The number of hydrogen-bond acceptors (Lipinski definition) is 3. The molecule has 0 fully saturated rings. The number of rotatable bonds is 4. The summed E-state index contributed by atoms with van der Waals surface area (Å²) in [5.41, 5.74) is 0. The summed E-state index contributed by atoms with van der Waals surface area (Å²) in [7, 11) is 1.63. The van der Waals surface area contributed by atoms with Crippen LogP contribution < -0.4 is 4.74 Å². The van der Waals surface area contributed by atoms with Gasteiger partial charge in [-0.15, -0.1) is 0 Å². The molecular weight excluding hydrogens is 225 g/mol. The van der Waals surface area contributed by atoms with Crippen LogP contribution in [-0.2, 0) is 4.74 Å². The molecule has 0 aliphatic carbocycles. The van der Waals surface area contributed by atoms with Gasteiger partial charge in [0, 0.05) is 19.2 Å². The van der Waals surface area contributed by atoms with Gasteiger partial charge in [0.2, 0.25) is 0 Å². The summed E-state index contributed by atoms with van der Waals surface area (Å²) in [6.45, 7) is 2.36. The highest BCUT2D eigenvalue weighted by molar-refractivity contribution is 6.32. The number of ether oxygens (including phenoxy) is 2. The van der Waals surface area contributed by atoms with E-state index < -0.39 is 0 Å². The topological polar surface area (TPSA) is 31.4 Å². The van der Waals surface area contributed by atoms with Crippen molar-refractivity contribution in [3.8, 4) is 5.75 Å². The van der Waals surface area contributed by atoms with E-state index in [0.29, 0.717) is 22.7 Å². The summed E-state index contributed by atoms with van der Waals surface area (Å²) in [5.74, 6) is 0.596. The van der Waals surface area contributed by atoms with Crippen molar-refractivity contribution in [1.29, 1.82) is 0 Å². The first-order chi connectivity index (χ1) is 6.61. The molecule has 1 aromatic heterocycles. The summed E-state index contributed by atoms with van der Waals surface area (Å²) in [5, 5.41) is 0.634. The van der Waals surface area contributed by atoms with Crippen LogP contribution in [-0.4, -0.2) is 24.8 Å². The second-order valence-corrected chi connectivity index (χ2v) is 3.58. The maximum absolute atomic E-state index is 5.69. The Kier molecular flexibility index (Phi) is 4.45. The van der Waals surface area contributed by atoms with Crippen molar-refractivity contribution in [3.05, 3.63) is 22.4 Å². The fourth-order valence-corrected chi connectivity index (χ4v) is 1.25. The van der Waals surface area contributed by atoms with Crippen molar-refractivity contribution in [1.82, 2.24) is 4.98 Å². The van der Waals surface area contributed by atoms with Gasteiger partial charge in [0.15, 0.2) is 0 Å². The average Bonchev–Trinajstić information content (AvgIpc) is 2.12. The minimum Gasteiger partial charge on any atom is -0.491 e. The Morgan fingerprint density at radius 2 is 1.93 bits per heavy atom. The molecule has 0 radical (unpaired) electrons. The van der Waals surface area contributed by atoms with Crippen LogP contribution in [0.1, 0.15) is 6.92 Å². The molecule has 1 aromatic rings. The lowest BCUT2D eigenvalue weighted by atomic mass is 10.4. The minimum absolute atomic E-state index is 0.0284. The quantitative estimate of drug-likeness (QED) is 0.753. The van der Waals surface area contributed by atoms with Crippen LogP contribution in [0.2, 0.25) is 10.3 Å². The third-order valence-electron chi connectivity index (χ3n) is 1.62. The zero-order valence-electron chi connectivity index (χ0n) is 7.96. The van der Waals surface area contributed by atoms with E-state index in [1.807, 2.05) is 6.92 Å². The van der Waals surface area contributed by atoms with Gasteiger partial charge in [-0.3, -0.25) is 0 Å². The lowest BCUT2D eigenvalue weighted by Crippen LogP contribution is -2.15. The SMILES string of the molecule is COC(C)COc1cc(Cl)nc(Cl)c1. The number of aromatic nitrogens is 1. The Labute approximate surface area is 92.9 Å². The number of methoxy groups -OCH3 is 1. The van der Waals surface area contributed by atoms with Gasteiger partial charge < -0.3 is 9.47 Å². The van der Waals surface area contributed by atoms with Crippen LogP contribution in [0.25, 0.3) is 0 Å². The Morgan fingerprint density at radius 1 is 1.36 bits per heavy atom. The molecule has 0 aromatic carbocycles. The van der Waals surface area contributed by atoms with Crippen LogP contribution in [0.3, 0.4) is 0 Å². The molecule has 5 heteroatoms. The predicted molar refractivity (Wildman–Crippen MR) is 56.2 cm³/mol. The van der Waals surface area contributed by atoms with Gasteiger partial charge in [-0.05, 0) is 6.92 Å². The first-order valence-corrected chi connectivity index (χ1v) is 4.86. The zero-order valence-corrected chi connectivity index (χ0v) is 9.47.